The van der Waals surface area contributed by atoms with Crippen molar-refractivity contribution in [3.05, 3.63) is 40.6 Å². The van der Waals surface area contributed by atoms with E-state index < -0.39 is 0 Å². The molecule has 0 radical (unpaired) electrons. The predicted molar refractivity (Wildman–Crippen MR) is 82.1 cm³/mol. The zero-order valence-corrected chi connectivity index (χ0v) is 13.4. The van der Waals surface area contributed by atoms with Crippen LogP contribution in [0.2, 0.25) is 0 Å². The third kappa shape index (κ3) is 2.96. The highest BCUT2D eigenvalue weighted by Gasteiger charge is 2.28. The summed E-state index contributed by atoms with van der Waals surface area (Å²) in [5, 5.41) is 8.75. The molecular weight excluding hydrogens is 338 g/mol. The van der Waals surface area contributed by atoms with Crippen LogP contribution in [0.1, 0.15) is 36.2 Å². The zero-order valence-electron chi connectivity index (χ0n) is 11.0. The average molecular weight is 352 g/mol. The number of hydrogen-bond acceptors (Lipinski definition) is 4. The molecule has 0 aliphatic heterocycles. The zero-order chi connectivity index (χ0) is 14.1. The fraction of sp³-hybridized carbons (Fsp3) is 0.357. The molecule has 1 aliphatic rings. The fourth-order valence-electron chi connectivity index (χ4n) is 1.98. The Hall–Kier alpha value is -1.14. The number of thioether (sulfide) groups is 1. The minimum atomic E-state index is -0.169. The molecule has 1 fully saturated rings. The van der Waals surface area contributed by atoms with Gasteiger partial charge in [0.2, 0.25) is 0 Å². The van der Waals surface area contributed by atoms with Crippen molar-refractivity contribution in [2.45, 2.75) is 36.2 Å². The first-order valence-corrected chi connectivity index (χ1v) is 8.18. The minimum absolute atomic E-state index is 0.118. The van der Waals surface area contributed by atoms with Gasteiger partial charge >= 0.3 is 0 Å². The van der Waals surface area contributed by atoms with Gasteiger partial charge in [-0.15, -0.1) is 10.2 Å². The molecule has 1 aromatic heterocycles. The molecule has 0 N–H and O–H groups in total. The molecule has 1 atom stereocenters. The van der Waals surface area contributed by atoms with Crippen molar-refractivity contribution in [2.24, 2.45) is 0 Å². The largest absolute Gasteiger partial charge is 0.306 e. The van der Waals surface area contributed by atoms with E-state index in [4.69, 9.17) is 0 Å². The Morgan fingerprint density at radius 1 is 1.40 bits per heavy atom. The summed E-state index contributed by atoms with van der Waals surface area (Å²) in [4.78, 5) is 12.4. The van der Waals surface area contributed by atoms with E-state index >= 15 is 0 Å². The number of halogens is 1. The maximum atomic E-state index is 12.4. The Bertz CT molecular complexity index is 622. The highest BCUT2D eigenvalue weighted by Crippen LogP contribution is 2.38. The van der Waals surface area contributed by atoms with Crippen LogP contribution in [0, 0.1) is 0 Å². The van der Waals surface area contributed by atoms with Crippen LogP contribution in [0.5, 0.6) is 0 Å². The first kappa shape index (κ1) is 13.8. The van der Waals surface area contributed by atoms with Gasteiger partial charge in [-0.1, -0.05) is 39.8 Å². The quantitative estimate of drug-likeness (QED) is 0.608. The summed E-state index contributed by atoms with van der Waals surface area (Å²) in [5.41, 5.74) is 0.727. The van der Waals surface area contributed by atoms with E-state index in [1.54, 1.807) is 6.33 Å². The number of carbonyl (C=O) groups excluding carboxylic acids is 1. The Balaban J connectivity index is 1.72. The van der Waals surface area contributed by atoms with Crippen LogP contribution in [-0.2, 0) is 0 Å². The van der Waals surface area contributed by atoms with Crippen LogP contribution >= 0.6 is 27.7 Å². The van der Waals surface area contributed by atoms with Crippen molar-refractivity contribution in [2.75, 3.05) is 0 Å². The molecule has 0 bridgehead atoms. The number of carbonyl (C=O) groups is 1. The van der Waals surface area contributed by atoms with Crippen LogP contribution in [0.25, 0.3) is 0 Å². The first-order valence-electron chi connectivity index (χ1n) is 6.51. The number of benzene rings is 1. The van der Waals surface area contributed by atoms with Gasteiger partial charge in [-0.25, -0.2) is 0 Å². The summed E-state index contributed by atoms with van der Waals surface area (Å²) in [6.07, 6.45) is 4.12. The van der Waals surface area contributed by atoms with Crippen molar-refractivity contribution in [3.8, 4) is 0 Å². The smallest absolute Gasteiger partial charge is 0.191 e. The van der Waals surface area contributed by atoms with Crippen molar-refractivity contribution < 1.29 is 4.79 Å². The summed E-state index contributed by atoms with van der Waals surface area (Å²) < 4.78 is 3.05. The van der Waals surface area contributed by atoms with Gasteiger partial charge in [0.1, 0.15) is 6.33 Å². The molecule has 4 nitrogen and oxygen atoms in total. The third-order valence-electron chi connectivity index (χ3n) is 3.26. The Kier molecular flexibility index (Phi) is 3.94. The fourth-order valence-corrected chi connectivity index (χ4v) is 3.22. The SMILES string of the molecule is C[C@H](Sc1nncn1C1CC1)C(=O)c1ccc(Br)cc1. The van der Waals surface area contributed by atoms with Gasteiger partial charge in [-0.2, -0.15) is 0 Å². The van der Waals surface area contributed by atoms with Gasteiger partial charge in [-0.3, -0.25) is 4.79 Å². The lowest BCUT2D eigenvalue weighted by Crippen LogP contribution is -2.14. The second kappa shape index (κ2) is 5.69. The van der Waals surface area contributed by atoms with Crippen LogP contribution in [0.3, 0.4) is 0 Å². The van der Waals surface area contributed by atoms with Gasteiger partial charge in [0.15, 0.2) is 10.9 Å². The van der Waals surface area contributed by atoms with E-state index in [-0.39, 0.29) is 11.0 Å². The Morgan fingerprint density at radius 3 is 2.75 bits per heavy atom. The predicted octanol–water partition coefficient (Wildman–Crippen LogP) is 3.74. The van der Waals surface area contributed by atoms with Crippen molar-refractivity contribution in [1.29, 1.82) is 0 Å². The molecule has 1 aliphatic carbocycles. The summed E-state index contributed by atoms with van der Waals surface area (Å²) in [6.45, 7) is 1.92. The van der Waals surface area contributed by atoms with Crippen molar-refractivity contribution >= 4 is 33.5 Å². The standard InChI is InChI=1S/C14H14BrN3OS/c1-9(13(19)10-2-4-11(15)5-3-10)20-14-17-16-8-18(14)12-6-7-12/h2-5,8-9,12H,6-7H2,1H3/t9-/m0/s1. The number of nitrogens with zero attached hydrogens (tertiary/aromatic N) is 3. The van der Waals surface area contributed by atoms with Crippen LogP contribution < -0.4 is 0 Å². The molecule has 0 unspecified atom stereocenters. The van der Waals surface area contributed by atoms with E-state index in [1.165, 1.54) is 24.6 Å². The van der Waals surface area contributed by atoms with Crippen LogP contribution in [-0.4, -0.2) is 25.8 Å². The lowest BCUT2D eigenvalue weighted by molar-refractivity contribution is 0.0994. The number of Topliss-reactive ketones (excluding diaryl/α,β-unsaturated/α-hetero) is 1. The molecule has 104 valence electrons. The lowest BCUT2D eigenvalue weighted by atomic mass is 10.1. The second-order valence-corrected chi connectivity index (χ2v) is 7.11. The van der Waals surface area contributed by atoms with Gasteiger partial charge < -0.3 is 4.57 Å². The summed E-state index contributed by atoms with van der Waals surface area (Å²) in [6, 6.07) is 7.99. The average Bonchev–Trinajstić information content (AvgIpc) is 3.19. The van der Waals surface area contributed by atoms with E-state index in [1.807, 2.05) is 31.2 Å². The first-order chi connectivity index (χ1) is 9.65. The minimum Gasteiger partial charge on any atom is -0.306 e. The van der Waals surface area contributed by atoms with Gasteiger partial charge in [0, 0.05) is 16.1 Å². The van der Waals surface area contributed by atoms with Gasteiger partial charge in [0.25, 0.3) is 0 Å². The van der Waals surface area contributed by atoms with Crippen molar-refractivity contribution in [3.63, 3.8) is 0 Å². The molecule has 1 saturated carbocycles. The Morgan fingerprint density at radius 2 is 2.10 bits per heavy atom. The number of aromatic nitrogens is 3. The molecule has 3 rings (SSSR count). The molecule has 6 heteroatoms. The highest BCUT2D eigenvalue weighted by atomic mass is 79.9. The van der Waals surface area contributed by atoms with E-state index in [0.29, 0.717) is 6.04 Å². The number of hydrogen-bond donors (Lipinski definition) is 0. The second-order valence-electron chi connectivity index (χ2n) is 4.88. The van der Waals surface area contributed by atoms with Gasteiger partial charge in [-0.05, 0) is 31.9 Å². The molecule has 0 amide bonds. The maximum Gasteiger partial charge on any atom is 0.191 e. The number of rotatable bonds is 5. The maximum absolute atomic E-state index is 12.4. The summed E-state index contributed by atoms with van der Waals surface area (Å²) in [5.74, 6) is 0.118. The third-order valence-corrected chi connectivity index (χ3v) is 4.86. The van der Waals surface area contributed by atoms with Gasteiger partial charge in [0.05, 0.1) is 5.25 Å². The van der Waals surface area contributed by atoms with E-state index in [0.717, 1.165) is 15.2 Å². The molecule has 1 aromatic carbocycles. The molecular formula is C14H14BrN3OS. The Labute approximate surface area is 130 Å². The van der Waals surface area contributed by atoms with Crippen molar-refractivity contribution in [1.82, 2.24) is 14.8 Å². The molecule has 1 heterocycles. The molecule has 0 spiro atoms. The van der Waals surface area contributed by atoms with E-state index in [9.17, 15) is 4.79 Å². The molecule has 0 saturated heterocycles. The van der Waals surface area contributed by atoms with Crippen LogP contribution in [0.15, 0.2) is 40.2 Å². The summed E-state index contributed by atoms with van der Waals surface area (Å²) in [7, 11) is 0. The highest BCUT2D eigenvalue weighted by molar-refractivity contribution is 9.10. The molecule has 20 heavy (non-hydrogen) atoms. The lowest BCUT2D eigenvalue weighted by Gasteiger charge is -2.10. The molecule has 2 aromatic rings. The topological polar surface area (TPSA) is 47.8 Å². The monoisotopic (exact) mass is 351 g/mol. The normalized spacial score (nSPS) is 16.1. The van der Waals surface area contributed by atoms with E-state index in [2.05, 4.69) is 30.7 Å². The summed E-state index contributed by atoms with van der Waals surface area (Å²) >= 11 is 4.85. The number of ketones is 1. The van der Waals surface area contributed by atoms with Crippen LogP contribution in [0.4, 0.5) is 0 Å².